The summed E-state index contributed by atoms with van der Waals surface area (Å²) in [5.41, 5.74) is 13.1. The minimum Gasteiger partial charge on any atom is -0.397 e. The average molecular weight is 389 g/mol. The molecule has 8 heteroatoms. The van der Waals surface area contributed by atoms with Crippen molar-refractivity contribution in [2.24, 2.45) is 0 Å². The van der Waals surface area contributed by atoms with Gasteiger partial charge >= 0.3 is 0 Å². The van der Waals surface area contributed by atoms with Crippen LogP contribution in [-0.2, 0) is 0 Å². The lowest BCUT2D eigenvalue weighted by atomic mass is 10.2. The van der Waals surface area contributed by atoms with Crippen LogP contribution in [0.25, 0.3) is 10.2 Å². The SMILES string of the molecule is N#Cc1cc2c(N)c(C(=O)Nc3ccc(Br)cc3)sc2[nH+]c1N. The first-order valence-electron chi connectivity index (χ1n) is 6.50. The van der Waals surface area contributed by atoms with Gasteiger partial charge < -0.3 is 11.1 Å². The van der Waals surface area contributed by atoms with Crippen molar-refractivity contribution in [1.82, 2.24) is 0 Å². The zero-order valence-electron chi connectivity index (χ0n) is 11.7. The Hall–Kier alpha value is -2.63. The van der Waals surface area contributed by atoms with Gasteiger partial charge in [-0.25, -0.2) is 4.98 Å². The monoisotopic (exact) mass is 388 g/mol. The number of hydrogen-bond donors (Lipinski definition) is 3. The van der Waals surface area contributed by atoms with Crippen molar-refractivity contribution in [1.29, 1.82) is 5.26 Å². The number of thiophene rings is 1. The maximum Gasteiger partial charge on any atom is 0.289 e. The molecule has 23 heavy (non-hydrogen) atoms. The number of nitrogens with one attached hydrogen (secondary N) is 2. The molecule has 6 N–H and O–H groups in total. The summed E-state index contributed by atoms with van der Waals surface area (Å²) in [4.78, 5) is 16.4. The summed E-state index contributed by atoms with van der Waals surface area (Å²) in [6, 6.07) is 10.8. The summed E-state index contributed by atoms with van der Waals surface area (Å²) in [5.74, 6) is -0.0578. The highest BCUT2D eigenvalue weighted by Gasteiger charge is 2.20. The molecule has 0 bridgehead atoms. The Bertz CT molecular complexity index is 959. The Labute approximate surface area is 143 Å². The second-order valence-electron chi connectivity index (χ2n) is 4.76. The van der Waals surface area contributed by atoms with Gasteiger partial charge in [0.25, 0.3) is 11.7 Å². The van der Waals surface area contributed by atoms with Crippen LogP contribution >= 0.6 is 27.3 Å². The molecular weight excluding hydrogens is 378 g/mol. The van der Waals surface area contributed by atoms with E-state index in [1.165, 1.54) is 11.3 Å². The van der Waals surface area contributed by atoms with Crippen molar-refractivity contribution < 1.29 is 9.78 Å². The number of H-pyrrole nitrogens is 1. The van der Waals surface area contributed by atoms with Gasteiger partial charge in [-0.1, -0.05) is 27.3 Å². The van der Waals surface area contributed by atoms with Gasteiger partial charge in [0.1, 0.15) is 16.5 Å². The Kier molecular flexibility index (Phi) is 3.90. The Balaban J connectivity index is 1.99. The highest BCUT2D eigenvalue weighted by atomic mass is 79.9. The quantitative estimate of drug-likeness (QED) is 0.624. The van der Waals surface area contributed by atoms with E-state index in [0.29, 0.717) is 32.0 Å². The summed E-state index contributed by atoms with van der Waals surface area (Å²) < 4.78 is 0.922. The van der Waals surface area contributed by atoms with E-state index in [1.807, 2.05) is 18.2 Å². The fourth-order valence-electron chi connectivity index (χ4n) is 2.09. The van der Waals surface area contributed by atoms with Crippen molar-refractivity contribution >= 4 is 60.6 Å². The number of nitriles is 1. The zero-order chi connectivity index (χ0) is 16.6. The molecule has 0 aliphatic heterocycles. The molecule has 0 spiro atoms. The number of rotatable bonds is 2. The van der Waals surface area contributed by atoms with Crippen LogP contribution in [0.2, 0.25) is 0 Å². The van der Waals surface area contributed by atoms with Crippen LogP contribution in [-0.4, -0.2) is 5.91 Å². The summed E-state index contributed by atoms with van der Waals surface area (Å²) in [6.45, 7) is 0. The van der Waals surface area contributed by atoms with Gasteiger partial charge in [-0.3, -0.25) is 10.5 Å². The van der Waals surface area contributed by atoms with E-state index in [2.05, 4.69) is 26.2 Å². The van der Waals surface area contributed by atoms with Crippen molar-refractivity contribution in [3.05, 3.63) is 45.2 Å². The van der Waals surface area contributed by atoms with Crippen molar-refractivity contribution in [3.63, 3.8) is 0 Å². The third kappa shape index (κ3) is 2.84. The van der Waals surface area contributed by atoms with Crippen LogP contribution in [0.4, 0.5) is 17.2 Å². The van der Waals surface area contributed by atoms with Gasteiger partial charge in [0.15, 0.2) is 4.83 Å². The highest BCUT2D eigenvalue weighted by Crippen LogP contribution is 2.33. The fourth-order valence-corrected chi connectivity index (χ4v) is 3.36. The van der Waals surface area contributed by atoms with Crippen LogP contribution in [0, 0.1) is 11.3 Å². The molecule has 0 atom stereocenters. The van der Waals surface area contributed by atoms with Gasteiger partial charge in [0.2, 0.25) is 0 Å². The van der Waals surface area contributed by atoms with Gasteiger partial charge in [-0.15, -0.1) is 0 Å². The number of nitrogens with zero attached hydrogens (tertiary/aromatic N) is 1. The van der Waals surface area contributed by atoms with E-state index in [1.54, 1.807) is 18.2 Å². The van der Waals surface area contributed by atoms with Crippen LogP contribution in [0.15, 0.2) is 34.8 Å². The summed E-state index contributed by atoms with van der Waals surface area (Å²) in [5, 5.41) is 12.4. The average Bonchev–Trinajstić information content (AvgIpc) is 2.85. The lowest BCUT2D eigenvalue weighted by Crippen LogP contribution is -2.12. The Morgan fingerprint density at radius 1 is 1.30 bits per heavy atom. The van der Waals surface area contributed by atoms with Crippen LogP contribution in [0.1, 0.15) is 15.2 Å². The van der Waals surface area contributed by atoms with Crippen LogP contribution in [0.5, 0.6) is 0 Å². The molecule has 0 saturated heterocycles. The molecule has 0 aliphatic carbocycles. The fraction of sp³-hybridized carbons (Fsp3) is 0. The molecule has 0 fully saturated rings. The van der Waals surface area contributed by atoms with Crippen LogP contribution in [0.3, 0.4) is 0 Å². The number of hydrogen-bond acceptors (Lipinski definition) is 5. The Morgan fingerprint density at radius 3 is 2.65 bits per heavy atom. The number of pyridine rings is 1. The van der Waals surface area contributed by atoms with Gasteiger partial charge in [0.05, 0.1) is 11.1 Å². The van der Waals surface area contributed by atoms with Crippen LogP contribution < -0.4 is 21.8 Å². The van der Waals surface area contributed by atoms with E-state index in [4.69, 9.17) is 16.7 Å². The molecule has 0 radical (unpaired) electrons. The third-order valence-corrected chi connectivity index (χ3v) is 4.90. The first kappa shape index (κ1) is 15.3. The van der Waals surface area contributed by atoms with Gasteiger partial charge in [-0.05, 0) is 30.3 Å². The number of carbonyl (C=O) groups excluding carboxylic acids is 1. The molecule has 1 amide bonds. The molecule has 3 aromatic rings. The molecule has 0 unspecified atom stereocenters. The normalized spacial score (nSPS) is 10.4. The standard InChI is InChI=1S/C15H10BrN5OS/c16-8-1-3-9(4-2-8)20-14(22)12-11(18)10-5-7(6-17)13(19)21-15(10)23-12/h1-5H,18H2,(H2,19,21)(H,20,22)/p+1. The lowest BCUT2D eigenvalue weighted by Gasteiger charge is -2.04. The summed E-state index contributed by atoms with van der Waals surface area (Å²) in [6.07, 6.45) is 0. The topological polar surface area (TPSA) is 119 Å². The number of fused-ring (bicyclic) bond motifs is 1. The zero-order valence-corrected chi connectivity index (χ0v) is 14.1. The third-order valence-electron chi connectivity index (χ3n) is 3.24. The number of benzene rings is 1. The van der Waals surface area contributed by atoms with E-state index >= 15 is 0 Å². The molecule has 1 aromatic carbocycles. The van der Waals surface area contributed by atoms with E-state index in [-0.39, 0.29) is 11.7 Å². The molecule has 3 rings (SSSR count). The number of aromatic amines is 1. The smallest absolute Gasteiger partial charge is 0.289 e. The maximum atomic E-state index is 12.4. The number of nitrogens with two attached hydrogens (primary N) is 2. The first-order valence-corrected chi connectivity index (χ1v) is 8.11. The molecule has 6 nitrogen and oxygen atoms in total. The summed E-state index contributed by atoms with van der Waals surface area (Å²) in [7, 11) is 0. The minimum absolute atomic E-state index is 0.251. The van der Waals surface area contributed by atoms with Gasteiger partial charge in [0, 0.05) is 10.2 Å². The van der Waals surface area contributed by atoms with Gasteiger partial charge in [-0.2, -0.15) is 5.26 Å². The summed E-state index contributed by atoms with van der Waals surface area (Å²) >= 11 is 4.54. The predicted octanol–water partition coefficient (Wildman–Crippen LogP) is 2.77. The van der Waals surface area contributed by atoms with Crippen molar-refractivity contribution in [3.8, 4) is 6.07 Å². The van der Waals surface area contributed by atoms with E-state index in [0.717, 1.165) is 4.47 Å². The second kappa shape index (κ2) is 5.87. The number of nitrogen functional groups attached to an aromatic ring is 2. The Morgan fingerprint density at radius 2 is 2.00 bits per heavy atom. The lowest BCUT2D eigenvalue weighted by molar-refractivity contribution is -0.323. The first-order chi connectivity index (χ1) is 11.0. The molecule has 2 aromatic heterocycles. The number of anilines is 3. The van der Waals surface area contributed by atoms with Crippen molar-refractivity contribution in [2.45, 2.75) is 0 Å². The van der Waals surface area contributed by atoms with E-state index in [9.17, 15) is 4.79 Å². The molecule has 0 aliphatic rings. The van der Waals surface area contributed by atoms with Crippen molar-refractivity contribution in [2.75, 3.05) is 16.8 Å². The maximum absolute atomic E-state index is 12.4. The minimum atomic E-state index is -0.309. The van der Waals surface area contributed by atoms with E-state index < -0.39 is 0 Å². The predicted molar refractivity (Wildman–Crippen MR) is 94.0 cm³/mol. The number of carbonyl (C=O) groups is 1. The molecular formula is C15H11BrN5OS+. The highest BCUT2D eigenvalue weighted by molar-refractivity contribution is 9.10. The molecule has 0 saturated carbocycles. The number of halogens is 1. The number of amides is 1. The molecule has 2 heterocycles. The largest absolute Gasteiger partial charge is 0.397 e. The second-order valence-corrected chi connectivity index (χ2v) is 6.69. The number of aromatic nitrogens is 1. The molecule has 114 valence electrons.